The molecular weight excluding hydrogens is 265 g/mol. The highest BCUT2D eigenvalue weighted by molar-refractivity contribution is 5.90. The molecule has 1 amide bonds. The van der Waals surface area contributed by atoms with E-state index in [9.17, 15) is 14.0 Å². The van der Waals surface area contributed by atoms with Crippen LogP contribution in [-0.2, 0) is 9.59 Å². The van der Waals surface area contributed by atoms with E-state index in [-0.39, 0.29) is 25.4 Å². The average Bonchev–Trinajstić information content (AvgIpc) is 2.41. The van der Waals surface area contributed by atoms with Gasteiger partial charge < -0.3 is 15.2 Å². The molecule has 2 N–H and O–H groups in total. The molecule has 0 aromatic heterocycles. The van der Waals surface area contributed by atoms with E-state index in [1.54, 1.807) is 24.3 Å². The number of hydrogen-bond acceptors (Lipinski definition) is 3. The van der Waals surface area contributed by atoms with Gasteiger partial charge in [-0.15, -0.1) is 0 Å². The zero-order valence-corrected chi connectivity index (χ0v) is 11.1. The van der Waals surface area contributed by atoms with Crippen molar-refractivity contribution >= 4 is 17.6 Å². The van der Waals surface area contributed by atoms with Gasteiger partial charge in [-0.3, -0.25) is 9.59 Å². The first-order valence-electron chi connectivity index (χ1n) is 6.42. The highest BCUT2D eigenvalue weighted by Gasteiger charge is 2.04. The number of ether oxygens (including phenoxy) is 1. The van der Waals surface area contributed by atoms with Crippen molar-refractivity contribution in [2.24, 2.45) is 0 Å². The molecule has 20 heavy (non-hydrogen) atoms. The Morgan fingerprint density at radius 1 is 1.25 bits per heavy atom. The number of amides is 1. The van der Waals surface area contributed by atoms with Gasteiger partial charge in [0.25, 0.3) is 0 Å². The van der Waals surface area contributed by atoms with Crippen molar-refractivity contribution in [3.8, 4) is 5.75 Å². The van der Waals surface area contributed by atoms with E-state index in [2.05, 4.69) is 5.32 Å². The number of carbonyl (C=O) groups is 2. The van der Waals surface area contributed by atoms with Crippen LogP contribution in [0.4, 0.5) is 10.1 Å². The molecule has 0 aliphatic rings. The number of halogens is 1. The Kier molecular flexibility index (Phi) is 7.10. The number of alkyl halides is 1. The first-order chi connectivity index (χ1) is 9.61. The minimum absolute atomic E-state index is 0.0212. The maximum atomic E-state index is 12.0. The largest absolute Gasteiger partial charge is 0.491 e. The van der Waals surface area contributed by atoms with Crippen LogP contribution < -0.4 is 10.1 Å². The molecule has 110 valence electrons. The zero-order chi connectivity index (χ0) is 14.8. The van der Waals surface area contributed by atoms with Gasteiger partial charge in [0.2, 0.25) is 5.91 Å². The monoisotopic (exact) mass is 283 g/mol. The lowest BCUT2D eigenvalue weighted by molar-refractivity contribution is -0.137. The molecule has 0 heterocycles. The van der Waals surface area contributed by atoms with Crippen LogP contribution in [0.15, 0.2) is 24.3 Å². The molecule has 0 saturated heterocycles. The highest BCUT2D eigenvalue weighted by Crippen LogP contribution is 2.17. The van der Waals surface area contributed by atoms with Gasteiger partial charge in [-0.25, -0.2) is 4.39 Å². The van der Waals surface area contributed by atoms with Crippen molar-refractivity contribution in [3.63, 3.8) is 0 Å². The van der Waals surface area contributed by atoms with E-state index < -0.39 is 12.6 Å². The van der Waals surface area contributed by atoms with Gasteiger partial charge in [0, 0.05) is 24.6 Å². The summed E-state index contributed by atoms with van der Waals surface area (Å²) in [6.07, 6.45) is 1.33. The predicted octanol–water partition coefficient (Wildman–Crippen LogP) is 2.62. The normalized spacial score (nSPS) is 10.1. The fraction of sp³-hybridized carbons (Fsp3) is 0.429. The summed E-state index contributed by atoms with van der Waals surface area (Å²) >= 11 is 0. The standard InChI is InChI=1S/C14H18FNO4/c15-8-9-20-12-5-3-4-11(10-12)16-13(17)6-1-2-7-14(18)19/h3-5,10H,1-2,6-9H2,(H,16,17)(H,18,19). The van der Waals surface area contributed by atoms with Crippen molar-refractivity contribution < 1.29 is 23.8 Å². The second-order valence-electron chi connectivity index (χ2n) is 4.21. The smallest absolute Gasteiger partial charge is 0.303 e. The van der Waals surface area contributed by atoms with Gasteiger partial charge in [0.05, 0.1) is 0 Å². The van der Waals surface area contributed by atoms with Gasteiger partial charge in [0.1, 0.15) is 19.0 Å². The zero-order valence-electron chi connectivity index (χ0n) is 11.1. The van der Waals surface area contributed by atoms with Crippen molar-refractivity contribution in [2.45, 2.75) is 25.7 Å². The van der Waals surface area contributed by atoms with E-state index in [4.69, 9.17) is 9.84 Å². The van der Waals surface area contributed by atoms with Gasteiger partial charge in [-0.1, -0.05) is 6.07 Å². The van der Waals surface area contributed by atoms with Gasteiger partial charge >= 0.3 is 5.97 Å². The molecule has 0 radical (unpaired) electrons. The molecule has 1 aromatic carbocycles. The molecule has 0 spiro atoms. The number of carboxylic acid groups (broad SMARTS) is 1. The molecule has 0 atom stereocenters. The molecule has 0 saturated carbocycles. The Balaban J connectivity index is 2.35. The number of nitrogens with one attached hydrogen (secondary N) is 1. The topological polar surface area (TPSA) is 75.6 Å². The third-order valence-corrected chi connectivity index (χ3v) is 2.51. The van der Waals surface area contributed by atoms with E-state index >= 15 is 0 Å². The molecule has 0 bridgehead atoms. The molecule has 0 unspecified atom stereocenters. The molecular formula is C14H18FNO4. The molecule has 6 heteroatoms. The van der Waals surface area contributed by atoms with Gasteiger partial charge in [-0.05, 0) is 25.0 Å². The summed E-state index contributed by atoms with van der Waals surface area (Å²) in [5.74, 6) is -0.549. The predicted molar refractivity (Wildman–Crippen MR) is 72.6 cm³/mol. The number of aliphatic carboxylic acids is 1. The van der Waals surface area contributed by atoms with Crippen LogP contribution in [0.2, 0.25) is 0 Å². The lowest BCUT2D eigenvalue weighted by Gasteiger charge is -2.08. The minimum Gasteiger partial charge on any atom is -0.491 e. The van der Waals surface area contributed by atoms with E-state index in [0.717, 1.165) is 0 Å². The average molecular weight is 283 g/mol. The number of unbranched alkanes of at least 4 members (excludes halogenated alkanes) is 1. The Morgan fingerprint density at radius 3 is 2.70 bits per heavy atom. The van der Waals surface area contributed by atoms with Crippen molar-refractivity contribution in [3.05, 3.63) is 24.3 Å². The van der Waals surface area contributed by atoms with Crippen LogP contribution in [0, 0.1) is 0 Å². The van der Waals surface area contributed by atoms with Crippen molar-refractivity contribution in [2.75, 3.05) is 18.6 Å². The Bertz CT molecular complexity index is 451. The van der Waals surface area contributed by atoms with Gasteiger partial charge in [0.15, 0.2) is 0 Å². The molecule has 5 nitrogen and oxygen atoms in total. The van der Waals surface area contributed by atoms with Crippen LogP contribution in [-0.4, -0.2) is 30.3 Å². The number of hydrogen-bond donors (Lipinski definition) is 2. The van der Waals surface area contributed by atoms with E-state index in [0.29, 0.717) is 24.3 Å². The summed E-state index contributed by atoms with van der Waals surface area (Å²) in [7, 11) is 0. The summed E-state index contributed by atoms with van der Waals surface area (Å²) < 4.78 is 17.1. The second kappa shape index (κ2) is 8.90. The van der Waals surface area contributed by atoms with E-state index in [1.807, 2.05) is 0 Å². The number of rotatable bonds is 9. The first kappa shape index (κ1) is 15.9. The fourth-order valence-electron chi connectivity index (χ4n) is 1.61. The van der Waals surface area contributed by atoms with Crippen molar-refractivity contribution in [1.82, 2.24) is 0 Å². The summed E-state index contributed by atoms with van der Waals surface area (Å²) in [5.41, 5.74) is 0.574. The van der Waals surface area contributed by atoms with Crippen LogP contribution in [0.25, 0.3) is 0 Å². The Morgan fingerprint density at radius 2 is 2.00 bits per heavy atom. The molecule has 1 rings (SSSR count). The summed E-state index contributed by atoms with van der Waals surface area (Å²) in [6, 6.07) is 6.70. The summed E-state index contributed by atoms with van der Waals surface area (Å²) in [6.45, 7) is -0.591. The Hall–Kier alpha value is -2.11. The van der Waals surface area contributed by atoms with E-state index in [1.165, 1.54) is 0 Å². The quantitative estimate of drug-likeness (QED) is 0.683. The third-order valence-electron chi connectivity index (χ3n) is 2.51. The lowest BCUT2D eigenvalue weighted by atomic mass is 10.2. The second-order valence-corrected chi connectivity index (χ2v) is 4.21. The summed E-state index contributed by atoms with van der Waals surface area (Å²) in [5, 5.41) is 11.2. The number of anilines is 1. The minimum atomic E-state index is -0.858. The number of carboxylic acids is 1. The van der Waals surface area contributed by atoms with Gasteiger partial charge in [-0.2, -0.15) is 0 Å². The maximum absolute atomic E-state index is 12.0. The third kappa shape index (κ3) is 6.72. The molecule has 0 aliphatic carbocycles. The first-order valence-corrected chi connectivity index (χ1v) is 6.42. The van der Waals surface area contributed by atoms with Crippen LogP contribution in [0.3, 0.4) is 0 Å². The fourth-order valence-corrected chi connectivity index (χ4v) is 1.61. The summed E-state index contributed by atoms with van der Waals surface area (Å²) in [4.78, 5) is 21.9. The molecule has 0 aliphatic heterocycles. The highest BCUT2D eigenvalue weighted by atomic mass is 19.1. The number of benzene rings is 1. The molecule has 0 fully saturated rings. The molecule has 1 aromatic rings. The SMILES string of the molecule is O=C(O)CCCCC(=O)Nc1cccc(OCCF)c1. The van der Waals surface area contributed by atoms with Crippen LogP contribution >= 0.6 is 0 Å². The van der Waals surface area contributed by atoms with Crippen LogP contribution in [0.1, 0.15) is 25.7 Å². The maximum Gasteiger partial charge on any atom is 0.303 e. The van der Waals surface area contributed by atoms with Crippen molar-refractivity contribution in [1.29, 1.82) is 0 Å². The lowest BCUT2D eigenvalue weighted by Crippen LogP contribution is -2.11. The van der Waals surface area contributed by atoms with Crippen LogP contribution in [0.5, 0.6) is 5.75 Å². The Labute approximate surface area is 116 Å². The number of carbonyl (C=O) groups excluding carboxylic acids is 1.